The Hall–Kier alpha value is -2.14. The fourth-order valence-corrected chi connectivity index (χ4v) is 3.55. The van der Waals surface area contributed by atoms with Gasteiger partial charge in [0.2, 0.25) is 5.95 Å². The second kappa shape index (κ2) is 4.51. The fraction of sp³-hybridized carbons (Fsp3) is 0.143. The number of thiophene rings is 1. The van der Waals surface area contributed by atoms with E-state index >= 15 is 0 Å². The van der Waals surface area contributed by atoms with Gasteiger partial charge in [0.15, 0.2) is 0 Å². The Balaban J connectivity index is 2.35. The molecule has 0 radical (unpaired) electrons. The predicted octanol–water partition coefficient (Wildman–Crippen LogP) is 3.09. The number of aryl methyl sites for hydroxylation is 1. The minimum atomic E-state index is 0.230. The number of hydrogen-bond acceptors (Lipinski definition) is 5. The molecule has 0 atom stereocenters. The lowest BCUT2D eigenvalue weighted by Crippen LogP contribution is -1.99. The van der Waals surface area contributed by atoms with Crippen LogP contribution in [0.1, 0.15) is 12.5 Å². The summed E-state index contributed by atoms with van der Waals surface area (Å²) < 4.78 is 0. The Bertz CT molecular complexity index is 734. The number of aromatic nitrogens is 2. The molecule has 4 nitrogen and oxygen atoms in total. The van der Waals surface area contributed by atoms with E-state index in [-0.39, 0.29) is 5.95 Å². The van der Waals surface area contributed by atoms with Gasteiger partial charge < -0.3 is 11.5 Å². The number of rotatable bonds is 2. The highest BCUT2D eigenvalue weighted by Gasteiger charge is 2.16. The van der Waals surface area contributed by atoms with Gasteiger partial charge in [0.1, 0.15) is 10.6 Å². The fourth-order valence-electron chi connectivity index (χ4n) is 2.26. The zero-order valence-electron chi connectivity index (χ0n) is 10.6. The summed E-state index contributed by atoms with van der Waals surface area (Å²) >= 11 is 1.62. The first-order valence-corrected chi connectivity index (χ1v) is 6.92. The van der Waals surface area contributed by atoms with Gasteiger partial charge in [-0.1, -0.05) is 37.3 Å². The largest absolute Gasteiger partial charge is 0.383 e. The highest BCUT2D eigenvalue weighted by atomic mass is 32.1. The van der Waals surface area contributed by atoms with Crippen molar-refractivity contribution in [2.75, 3.05) is 11.5 Å². The number of nitrogen functional groups attached to an aromatic ring is 2. The summed E-state index contributed by atoms with van der Waals surface area (Å²) in [6.45, 7) is 2.11. The van der Waals surface area contributed by atoms with Crippen LogP contribution in [0.15, 0.2) is 30.3 Å². The van der Waals surface area contributed by atoms with Crippen LogP contribution in [-0.4, -0.2) is 9.97 Å². The van der Waals surface area contributed by atoms with Crippen LogP contribution in [0.3, 0.4) is 0 Å². The maximum absolute atomic E-state index is 6.00. The molecule has 19 heavy (non-hydrogen) atoms. The van der Waals surface area contributed by atoms with Crippen molar-refractivity contribution in [1.82, 2.24) is 9.97 Å². The van der Waals surface area contributed by atoms with Crippen molar-refractivity contribution in [1.29, 1.82) is 0 Å². The number of hydrogen-bond donors (Lipinski definition) is 2. The molecule has 4 N–H and O–H groups in total. The topological polar surface area (TPSA) is 77.8 Å². The third kappa shape index (κ3) is 1.92. The summed E-state index contributed by atoms with van der Waals surface area (Å²) in [5, 5.41) is 0.945. The van der Waals surface area contributed by atoms with Crippen molar-refractivity contribution in [3.63, 3.8) is 0 Å². The molecule has 0 saturated carbocycles. The molecule has 0 amide bonds. The van der Waals surface area contributed by atoms with Crippen LogP contribution < -0.4 is 11.5 Å². The Kier molecular flexibility index (Phi) is 2.83. The highest BCUT2D eigenvalue weighted by molar-refractivity contribution is 7.22. The van der Waals surface area contributed by atoms with Crippen molar-refractivity contribution < 1.29 is 0 Å². The van der Waals surface area contributed by atoms with Gasteiger partial charge >= 0.3 is 0 Å². The van der Waals surface area contributed by atoms with Gasteiger partial charge in [0.05, 0.1) is 5.39 Å². The molecule has 0 aliphatic rings. The van der Waals surface area contributed by atoms with E-state index in [4.69, 9.17) is 11.5 Å². The average Bonchev–Trinajstić information content (AvgIpc) is 2.78. The predicted molar refractivity (Wildman–Crippen MR) is 81.1 cm³/mol. The van der Waals surface area contributed by atoms with E-state index in [2.05, 4.69) is 29.0 Å². The van der Waals surface area contributed by atoms with Gasteiger partial charge in [-0.05, 0) is 17.5 Å². The summed E-state index contributed by atoms with van der Waals surface area (Å²) in [5.74, 6) is 0.700. The summed E-state index contributed by atoms with van der Waals surface area (Å²) in [5.41, 5.74) is 14.0. The van der Waals surface area contributed by atoms with Crippen molar-refractivity contribution in [2.45, 2.75) is 13.3 Å². The van der Waals surface area contributed by atoms with E-state index in [0.29, 0.717) is 5.82 Å². The monoisotopic (exact) mass is 270 g/mol. The third-order valence-corrected chi connectivity index (χ3v) is 4.26. The van der Waals surface area contributed by atoms with Gasteiger partial charge in [-0.25, -0.2) is 4.98 Å². The normalized spacial score (nSPS) is 11.0. The van der Waals surface area contributed by atoms with Crippen LogP contribution in [0, 0.1) is 0 Å². The average molecular weight is 270 g/mol. The van der Waals surface area contributed by atoms with Crippen molar-refractivity contribution >= 4 is 33.3 Å². The maximum Gasteiger partial charge on any atom is 0.223 e. The van der Waals surface area contributed by atoms with Crippen LogP contribution in [0.5, 0.6) is 0 Å². The van der Waals surface area contributed by atoms with E-state index in [1.54, 1.807) is 11.3 Å². The first kappa shape index (κ1) is 11.9. The van der Waals surface area contributed by atoms with E-state index in [1.807, 2.05) is 18.2 Å². The molecule has 0 unspecified atom stereocenters. The second-order valence-corrected chi connectivity index (χ2v) is 5.28. The molecular weight excluding hydrogens is 256 g/mol. The number of nitrogens with two attached hydrogens (primary N) is 2. The van der Waals surface area contributed by atoms with Crippen LogP contribution >= 0.6 is 11.3 Å². The van der Waals surface area contributed by atoms with Gasteiger partial charge in [-0.15, -0.1) is 11.3 Å². The van der Waals surface area contributed by atoms with Crippen LogP contribution in [0.2, 0.25) is 0 Å². The maximum atomic E-state index is 6.00. The van der Waals surface area contributed by atoms with Crippen LogP contribution in [0.25, 0.3) is 20.7 Å². The Labute approximate surface area is 115 Å². The van der Waals surface area contributed by atoms with Gasteiger partial charge in [0, 0.05) is 4.88 Å². The van der Waals surface area contributed by atoms with Gasteiger partial charge in [-0.2, -0.15) is 4.98 Å². The zero-order valence-corrected chi connectivity index (χ0v) is 11.4. The zero-order chi connectivity index (χ0) is 13.4. The number of nitrogens with zero attached hydrogens (tertiary/aromatic N) is 2. The van der Waals surface area contributed by atoms with Crippen molar-refractivity contribution in [2.24, 2.45) is 0 Å². The second-order valence-electron chi connectivity index (χ2n) is 4.28. The van der Waals surface area contributed by atoms with Gasteiger partial charge in [0.25, 0.3) is 0 Å². The Morgan fingerprint density at radius 1 is 1.11 bits per heavy atom. The van der Waals surface area contributed by atoms with Crippen molar-refractivity contribution in [3.8, 4) is 10.4 Å². The lowest BCUT2D eigenvalue weighted by atomic mass is 10.1. The minimum Gasteiger partial charge on any atom is -0.383 e. The first-order chi connectivity index (χ1) is 9.20. The van der Waals surface area contributed by atoms with Crippen molar-refractivity contribution in [3.05, 3.63) is 35.9 Å². The minimum absolute atomic E-state index is 0.230. The summed E-state index contributed by atoms with van der Waals surface area (Å²) in [7, 11) is 0. The molecule has 2 heterocycles. The quantitative estimate of drug-likeness (QED) is 0.750. The molecule has 2 aromatic heterocycles. The SMILES string of the molecule is CCc1c(-c2ccccc2)sc2nc(N)nc(N)c12. The highest BCUT2D eigenvalue weighted by Crippen LogP contribution is 2.40. The van der Waals surface area contributed by atoms with E-state index in [0.717, 1.165) is 16.6 Å². The van der Waals surface area contributed by atoms with E-state index in [9.17, 15) is 0 Å². The molecular formula is C14H14N4S. The number of anilines is 2. The standard InChI is InChI=1S/C14H14N4S/c1-2-9-10-12(15)17-14(16)18-13(10)19-11(9)8-6-4-3-5-7-8/h3-7H,2H2,1H3,(H4,15,16,17,18). The van der Waals surface area contributed by atoms with Gasteiger partial charge in [-0.3, -0.25) is 0 Å². The molecule has 0 aliphatic carbocycles. The Morgan fingerprint density at radius 2 is 1.84 bits per heavy atom. The summed E-state index contributed by atoms with van der Waals surface area (Å²) in [6, 6.07) is 10.3. The molecule has 0 spiro atoms. The summed E-state index contributed by atoms with van der Waals surface area (Å²) in [6.07, 6.45) is 0.891. The third-order valence-electron chi connectivity index (χ3n) is 3.09. The first-order valence-electron chi connectivity index (χ1n) is 6.10. The molecule has 0 fully saturated rings. The molecule has 3 aromatic rings. The molecule has 1 aromatic carbocycles. The molecule has 96 valence electrons. The molecule has 0 bridgehead atoms. The Morgan fingerprint density at radius 3 is 2.53 bits per heavy atom. The number of fused-ring (bicyclic) bond motifs is 1. The molecule has 0 saturated heterocycles. The molecule has 5 heteroatoms. The van der Waals surface area contributed by atoms with E-state index in [1.165, 1.54) is 16.0 Å². The molecule has 0 aliphatic heterocycles. The number of benzene rings is 1. The van der Waals surface area contributed by atoms with E-state index < -0.39 is 0 Å². The lowest BCUT2D eigenvalue weighted by Gasteiger charge is -2.03. The molecule has 3 rings (SSSR count). The van der Waals surface area contributed by atoms with Crippen LogP contribution in [-0.2, 0) is 6.42 Å². The van der Waals surface area contributed by atoms with Crippen LogP contribution in [0.4, 0.5) is 11.8 Å². The lowest BCUT2D eigenvalue weighted by molar-refractivity contribution is 1.16. The smallest absolute Gasteiger partial charge is 0.223 e. The summed E-state index contributed by atoms with van der Waals surface area (Å²) in [4.78, 5) is 10.4.